The second kappa shape index (κ2) is 6.15. The van der Waals surface area contributed by atoms with Gasteiger partial charge in [-0.25, -0.2) is 9.50 Å². The number of aliphatic hydroxyl groups is 1. The van der Waals surface area contributed by atoms with Crippen LogP contribution in [-0.2, 0) is 4.74 Å². The lowest BCUT2D eigenvalue weighted by Crippen LogP contribution is -2.40. The average Bonchev–Trinajstić information content (AvgIpc) is 3.02. The molecule has 1 saturated heterocycles. The van der Waals surface area contributed by atoms with Gasteiger partial charge in [-0.3, -0.25) is 4.90 Å². The van der Waals surface area contributed by atoms with Crippen LogP contribution in [0.4, 0.5) is 5.82 Å². The summed E-state index contributed by atoms with van der Waals surface area (Å²) in [5, 5.41) is 14.6. The molecule has 7 nitrogen and oxygen atoms in total. The van der Waals surface area contributed by atoms with Crippen LogP contribution in [-0.4, -0.2) is 49.7 Å². The molecule has 0 bridgehead atoms. The Morgan fingerprint density at radius 2 is 2.22 bits per heavy atom. The van der Waals surface area contributed by atoms with Gasteiger partial charge in [0.1, 0.15) is 11.8 Å². The number of nitrogens with two attached hydrogens (primary N) is 1. The molecule has 1 fully saturated rings. The van der Waals surface area contributed by atoms with E-state index in [4.69, 9.17) is 10.5 Å². The maximum atomic E-state index is 10.3. The number of anilines is 1. The highest BCUT2D eigenvalue weighted by Gasteiger charge is 2.32. The van der Waals surface area contributed by atoms with Crippen molar-refractivity contribution >= 4 is 33.9 Å². The molecule has 0 radical (unpaired) electrons. The number of hydrogen-bond acceptors (Lipinski definition) is 6. The number of ether oxygens (including phenoxy) is 1. The molecule has 0 aliphatic carbocycles. The first-order valence-electron chi connectivity index (χ1n) is 7.64. The lowest BCUT2D eigenvalue weighted by atomic mass is 10.1. The highest BCUT2D eigenvalue weighted by atomic mass is 127. The number of fused-ring (bicyclic) bond motifs is 1. The number of hydrogen-bond donors (Lipinski definition) is 2. The first-order chi connectivity index (χ1) is 10.8. The maximum absolute atomic E-state index is 10.3. The second-order valence-electron chi connectivity index (χ2n) is 6.86. The van der Waals surface area contributed by atoms with E-state index in [1.165, 1.54) is 6.33 Å². The van der Waals surface area contributed by atoms with Crippen LogP contribution in [0.2, 0.25) is 0 Å². The minimum absolute atomic E-state index is 0.276. The van der Waals surface area contributed by atoms with Gasteiger partial charge in [-0.15, -0.1) is 0 Å². The molecule has 126 valence electrons. The summed E-state index contributed by atoms with van der Waals surface area (Å²) in [6, 6.07) is 2.10. The lowest BCUT2D eigenvalue weighted by molar-refractivity contribution is -0.234. The van der Waals surface area contributed by atoms with E-state index in [1.54, 1.807) is 0 Å². The molecule has 2 aromatic heterocycles. The highest BCUT2D eigenvalue weighted by Crippen LogP contribution is 2.33. The van der Waals surface area contributed by atoms with Crippen molar-refractivity contribution in [3.05, 3.63) is 21.7 Å². The number of halogens is 1. The molecule has 8 heteroatoms. The minimum atomic E-state index is -0.884. The SMILES string of the molecule is CC(C)(C)OC(O)N1CCC(c2cc(I)c3c(N)ncnn23)C1. The molecule has 3 heterocycles. The van der Waals surface area contributed by atoms with E-state index in [0.717, 1.165) is 34.3 Å². The van der Waals surface area contributed by atoms with E-state index in [1.807, 2.05) is 30.2 Å². The second-order valence-corrected chi connectivity index (χ2v) is 8.02. The predicted molar refractivity (Wildman–Crippen MR) is 95.9 cm³/mol. The van der Waals surface area contributed by atoms with Crippen molar-refractivity contribution in [3.63, 3.8) is 0 Å². The Balaban J connectivity index is 1.81. The van der Waals surface area contributed by atoms with Gasteiger partial charge in [0, 0.05) is 28.3 Å². The number of likely N-dealkylation sites (tertiary alicyclic amines) is 1. The molecule has 2 aromatic rings. The summed E-state index contributed by atoms with van der Waals surface area (Å²) in [5.74, 6) is 0.764. The number of nitrogen functional groups attached to an aromatic ring is 1. The fourth-order valence-electron chi connectivity index (χ4n) is 2.96. The summed E-state index contributed by atoms with van der Waals surface area (Å²) < 4.78 is 8.56. The summed E-state index contributed by atoms with van der Waals surface area (Å²) in [5.41, 5.74) is 7.54. The van der Waals surface area contributed by atoms with Gasteiger partial charge in [0.2, 0.25) is 6.41 Å². The average molecular weight is 431 g/mol. The summed E-state index contributed by atoms with van der Waals surface area (Å²) in [4.78, 5) is 6.01. The molecule has 2 unspecified atom stereocenters. The normalized spacial score (nSPS) is 21.2. The van der Waals surface area contributed by atoms with Crippen LogP contribution in [0.5, 0.6) is 0 Å². The molecule has 3 N–H and O–H groups in total. The molecule has 23 heavy (non-hydrogen) atoms. The first kappa shape index (κ1) is 16.9. The number of rotatable bonds is 3. The highest BCUT2D eigenvalue weighted by molar-refractivity contribution is 14.1. The van der Waals surface area contributed by atoms with Crippen LogP contribution >= 0.6 is 22.6 Å². The Hall–Kier alpha value is -0.970. The quantitative estimate of drug-likeness (QED) is 0.569. The van der Waals surface area contributed by atoms with Crippen molar-refractivity contribution in [3.8, 4) is 0 Å². The fourth-order valence-corrected chi connectivity index (χ4v) is 3.78. The maximum Gasteiger partial charge on any atom is 0.216 e. The van der Waals surface area contributed by atoms with Crippen molar-refractivity contribution in [2.24, 2.45) is 0 Å². The predicted octanol–water partition coefficient (Wildman–Crippen LogP) is 1.80. The van der Waals surface area contributed by atoms with Crippen LogP contribution in [0, 0.1) is 3.57 Å². The summed E-state index contributed by atoms with van der Waals surface area (Å²) in [6.07, 6.45) is 1.54. The topological polar surface area (TPSA) is 88.9 Å². The molecule has 1 aliphatic rings. The van der Waals surface area contributed by atoms with Crippen molar-refractivity contribution in [1.29, 1.82) is 0 Å². The van der Waals surface area contributed by atoms with Gasteiger partial charge in [0.25, 0.3) is 0 Å². The summed E-state index contributed by atoms with van der Waals surface area (Å²) >= 11 is 2.26. The monoisotopic (exact) mass is 431 g/mol. The van der Waals surface area contributed by atoms with Crippen LogP contribution in [0.1, 0.15) is 38.8 Å². The summed E-state index contributed by atoms with van der Waals surface area (Å²) in [6.45, 7) is 7.32. The van der Waals surface area contributed by atoms with Gasteiger partial charge in [-0.05, 0) is 55.8 Å². The van der Waals surface area contributed by atoms with Gasteiger partial charge in [-0.1, -0.05) is 0 Å². The molecule has 1 aliphatic heterocycles. The fraction of sp³-hybridized carbons (Fsp3) is 0.600. The van der Waals surface area contributed by atoms with Crippen molar-refractivity contribution in [2.75, 3.05) is 18.8 Å². The molecular weight excluding hydrogens is 409 g/mol. The Morgan fingerprint density at radius 1 is 1.48 bits per heavy atom. The van der Waals surface area contributed by atoms with E-state index in [9.17, 15) is 5.11 Å². The zero-order valence-electron chi connectivity index (χ0n) is 13.5. The Kier molecular flexibility index (Phi) is 4.51. The van der Waals surface area contributed by atoms with Crippen LogP contribution in [0.25, 0.3) is 5.52 Å². The standard InChI is InChI=1S/C15H22IN5O2/c1-15(2,3)23-14(22)20-5-4-9(7-20)11-6-10(16)12-13(17)18-8-19-21(11)12/h6,8-9,14,22H,4-5,7H2,1-3H3,(H2,17,18,19). The minimum Gasteiger partial charge on any atom is -0.382 e. The summed E-state index contributed by atoms with van der Waals surface area (Å²) in [7, 11) is 0. The van der Waals surface area contributed by atoms with E-state index in [-0.39, 0.29) is 11.5 Å². The van der Waals surface area contributed by atoms with E-state index in [0.29, 0.717) is 5.82 Å². The zero-order valence-corrected chi connectivity index (χ0v) is 15.7. The molecule has 2 atom stereocenters. The third-order valence-electron chi connectivity index (χ3n) is 3.97. The number of aliphatic hydroxyl groups excluding tert-OH is 1. The van der Waals surface area contributed by atoms with E-state index < -0.39 is 6.41 Å². The molecular formula is C15H22IN5O2. The molecule has 3 rings (SSSR count). The largest absolute Gasteiger partial charge is 0.382 e. The van der Waals surface area contributed by atoms with Gasteiger partial charge >= 0.3 is 0 Å². The van der Waals surface area contributed by atoms with Crippen LogP contribution in [0.15, 0.2) is 12.4 Å². The molecule has 0 aromatic carbocycles. The number of nitrogens with zero attached hydrogens (tertiary/aromatic N) is 4. The van der Waals surface area contributed by atoms with Gasteiger partial charge in [0.15, 0.2) is 5.82 Å². The van der Waals surface area contributed by atoms with Gasteiger partial charge in [0.05, 0.1) is 5.60 Å². The Labute approximate surface area is 149 Å². The molecule has 0 spiro atoms. The van der Waals surface area contributed by atoms with Gasteiger partial charge < -0.3 is 15.6 Å². The zero-order chi connectivity index (χ0) is 16.8. The Morgan fingerprint density at radius 3 is 2.91 bits per heavy atom. The molecule has 0 amide bonds. The lowest BCUT2D eigenvalue weighted by Gasteiger charge is -2.29. The van der Waals surface area contributed by atoms with E-state index in [2.05, 4.69) is 38.7 Å². The number of aromatic nitrogens is 3. The van der Waals surface area contributed by atoms with Crippen LogP contribution < -0.4 is 5.73 Å². The van der Waals surface area contributed by atoms with Crippen LogP contribution in [0.3, 0.4) is 0 Å². The van der Waals surface area contributed by atoms with Crippen molar-refractivity contribution in [2.45, 2.75) is 45.1 Å². The third kappa shape index (κ3) is 3.44. The Bertz CT molecular complexity index is 712. The van der Waals surface area contributed by atoms with Crippen molar-refractivity contribution in [1.82, 2.24) is 19.5 Å². The van der Waals surface area contributed by atoms with Gasteiger partial charge in [-0.2, -0.15) is 5.10 Å². The first-order valence-corrected chi connectivity index (χ1v) is 8.71. The third-order valence-corrected chi connectivity index (χ3v) is 4.80. The van der Waals surface area contributed by atoms with Crippen molar-refractivity contribution < 1.29 is 9.84 Å². The molecule has 0 saturated carbocycles. The van der Waals surface area contributed by atoms with E-state index >= 15 is 0 Å². The smallest absolute Gasteiger partial charge is 0.216 e.